The average Bonchev–Trinajstić information content (AvgIpc) is 2.74. The van der Waals surface area contributed by atoms with Gasteiger partial charge in [0.15, 0.2) is 0 Å². The number of anilines is 1. The maximum absolute atomic E-state index is 12.1. The van der Waals surface area contributed by atoms with Gasteiger partial charge in [-0.2, -0.15) is 0 Å². The van der Waals surface area contributed by atoms with Crippen LogP contribution in [-0.4, -0.2) is 11.8 Å². The van der Waals surface area contributed by atoms with E-state index in [2.05, 4.69) is 10.5 Å². The van der Waals surface area contributed by atoms with Crippen LogP contribution in [0.25, 0.3) is 0 Å². The fourth-order valence-electron chi connectivity index (χ4n) is 3.00. The molecule has 28 heavy (non-hydrogen) atoms. The van der Waals surface area contributed by atoms with Crippen molar-refractivity contribution in [3.8, 4) is 5.75 Å². The summed E-state index contributed by atoms with van der Waals surface area (Å²) in [6.07, 6.45) is -0.372. The number of halogens is 1. The van der Waals surface area contributed by atoms with Crippen LogP contribution in [0.3, 0.4) is 0 Å². The Kier molecular flexibility index (Phi) is 5.26. The Bertz CT molecular complexity index is 1000. The number of carbonyl (C=O) groups excluding carboxylic acids is 1. The highest BCUT2D eigenvalue weighted by Gasteiger charge is 2.26. The molecule has 140 valence electrons. The number of hydrogen-bond acceptors (Lipinski definition) is 4. The van der Waals surface area contributed by atoms with E-state index in [9.17, 15) is 4.79 Å². The molecule has 1 N–H and O–H groups in total. The van der Waals surface area contributed by atoms with Crippen LogP contribution < -0.4 is 10.1 Å². The molecule has 1 atom stereocenters. The van der Waals surface area contributed by atoms with Crippen LogP contribution in [-0.2, 0) is 4.84 Å². The largest absolute Gasteiger partial charge is 0.485 e. The average molecular weight is 393 g/mol. The first-order chi connectivity index (χ1) is 13.7. The second-order valence-corrected chi connectivity index (χ2v) is 6.70. The third-order valence-electron chi connectivity index (χ3n) is 4.35. The molecule has 0 spiro atoms. The van der Waals surface area contributed by atoms with Crippen molar-refractivity contribution in [2.75, 3.05) is 5.32 Å². The molecule has 6 heteroatoms. The van der Waals surface area contributed by atoms with Gasteiger partial charge in [-0.3, -0.25) is 10.2 Å². The van der Waals surface area contributed by atoms with Gasteiger partial charge in [0.05, 0.1) is 5.71 Å². The Morgan fingerprint density at radius 1 is 1.00 bits per heavy atom. The molecule has 1 amide bonds. The summed E-state index contributed by atoms with van der Waals surface area (Å²) < 4.78 is 6.11. The third kappa shape index (κ3) is 4.15. The monoisotopic (exact) mass is 392 g/mol. The fraction of sp³-hybridized carbons (Fsp3) is 0.0909. The molecule has 0 aliphatic carbocycles. The van der Waals surface area contributed by atoms with Crippen molar-refractivity contribution in [3.63, 3.8) is 0 Å². The molecule has 5 nitrogen and oxygen atoms in total. The molecule has 0 saturated heterocycles. The van der Waals surface area contributed by atoms with Gasteiger partial charge in [-0.15, -0.1) is 0 Å². The number of fused-ring (bicyclic) bond motifs is 1. The zero-order valence-electron chi connectivity index (χ0n) is 14.8. The van der Waals surface area contributed by atoms with E-state index in [-0.39, 0.29) is 6.10 Å². The van der Waals surface area contributed by atoms with E-state index >= 15 is 0 Å². The number of para-hydroxylation sites is 1. The van der Waals surface area contributed by atoms with Crippen molar-refractivity contribution in [1.29, 1.82) is 0 Å². The van der Waals surface area contributed by atoms with Crippen LogP contribution in [0.5, 0.6) is 5.75 Å². The first-order valence-corrected chi connectivity index (χ1v) is 9.18. The van der Waals surface area contributed by atoms with E-state index in [0.29, 0.717) is 28.6 Å². The lowest BCUT2D eigenvalue weighted by Crippen LogP contribution is -2.22. The van der Waals surface area contributed by atoms with Crippen molar-refractivity contribution in [1.82, 2.24) is 0 Å². The smallest absolute Gasteiger partial charge is 0.437 e. The Morgan fingerprint density at radius 3 is 2.50 bits per heavy atom. The Labute approximate surface area is 167 Å². The predicted octanol–water partition coefficient (Wildman–Crippen LogP) is 5.82. The number of nitrogens with zero attached hydrogens (tertiary/aromatic N) is 1. The van der Waals surface area contributed by atoms with Crippen molar-refractivity contribution < 1.29 is 14.4 Å². The zero-order chi connectivity index (χ0) is 19.3. The van der Waals surface area contributed by atoms with Gasteiger partial charge in [0.2, 0.25) is 0 Å². The molecule has 3 aromatic carbocycles. The molecular weight excluding hydrogens is 376 g/mol. The number of rotatable bonds is 3. The number of amides is 1. The van der Waals surface area contributed by atoms with Gasteiger partial charge in [0.1, 0.15) is 11.9 Å². The molecule has 0 bridgehead atoms. The number of carbonyl (C=O) groups is 1. The van der Waals surface area contributed by atoms with Crippen molar-refractivity contribution >= 4 is 29.1 Å². The molecule has 0 fully saturated rings. The Morgan fingerprint density at radius 2 is 1.71 bits per heavy atom. The molecule has 3 aromatic rings. The van der Waals surface area contributed by atoms with E-state index in [1.165, 1.54) is 0 Å². The van der Waals surface area contributed by atoms with Gasteiger partial charge in [-0.1, -0.05) is 59.2 Å². The molecule has 1 unspecified atom stereocenters. The highest BCUT2D eigenvalue weighted by Crippen LogP contribution is 2.35. The minimum absolute atomic E-state index is 0.197. The number of benzene rings is 3. The van der Waals surface area contributed by atoms with Gasteiger partial charge in [-0.25, -0.2) is 4.79 Å². The minimum atomic E-state index is -0.671. The third-order valence-corrected chi connectivity index (χ3v) is 4.60. The lowest BCUT2D eigenvalue weighted by molar-refractivity contribution is 0.163. The van der Waals surface area contributed by atoms with Gasteiger partial charge in [-0.05, 0) is 42.0 Å². The van der Waals surface area contributed by atoms with Gasteiger partial charge >= 0.3 is 6.09 Å². The first kappa shape index (κ1) is 18.1. The predicted molar refractivity (Wildman–Crippen MR) is 109 cm³/mol. The summed E-state index contributed by atoms with van der Waals surface area (Å²) in [5.74, 6) is 0.711. The van der Waals surface area contributed by atoms with E-state index in [1.807, 2.05) is 54.6 Å². The van der Waals surface area contributed by atoms with E-state index in [1.54, 1.807) is 24.3 Å². The molecule has 4 rings (SSSR count). The van der Waals surface area contributed by atoms with Crippen LogP contribution in [0.4, 0.5) is 10.5 Å². The summed E-state index contributed by atoms with van der Waals surface area (Å²) in [5.41, 5.74) is 3.08. The highest BCUT2D eigenvalue weighted by molar-refractivity contribution is 6.30. The number of oxime groups is 1. The molecule has 0 radical (unpaired) electrons. The summed E-state index contributed by atoms with van der Waals surface area (Å²) >= 11 is 5.85. The van der Waals surface area contributed by atoms with E-state index in [4.69, 9.17) is 21.2 Å². The van der Waals surface area contributed by atoms with E-state index in [0.717, 1.165) is 11.1 Å². The van der Waals surface area contributed by atoms with Gasteiger partial charge < -0.3 is 4.74 Å². The molecule has 0 aromatic heterocycles. The van der Waals surface area contributed by atoms with Gasteiger partial charge in [0, 0.05) is 22.7 Å². The normalized spacial score (nSPS) is 16.8. The Hall–Kier alpha value is -3.31. The topological polar surface area (TPSA) is 59.9 Å². The maximum atomic E-state index is 12.1. The minimum Gasteiger partial charge on any atom is -0.485 e. The standard InChI is InChI=1S/C22H17ClN2O3/c23-16-10-12-17(13-11-16)24-22(26)28-25-19-14-21(15-6-2-1-3-7-15)27-20-9-5-4-8-18(19)20/h1-13,21H,14H2,(H,24,26)/b25-19+. The number of ether oxygens (including phenoxy) is 1. The zero-order valence-corrected chi connectivity index (χ0v) is 15.6. The second kappa shape index (κ2) is 8.15. The molecule has 1 aliphatic heterocycles. The summed E-state index contributed by atoms with van der Waals surface area (Å²) in [6.45, 7) is 0. The van der Waals surface area contributed by atoms with Crippen LogP contribution >= 0.6 is 11.6 Å². The summed E-state index contributed by atoms with van der Waals surface area (Å²) in [6, 6.07) is 24.2. The van der Waals surface area contributed by atoms with E-state index < -0.39 is 6.09 Å². The SMILES string of the molecule is O=C(Nc1ccc(Cl)cc1)O/N=C1\CC(c2ccccc2)Oc2ccccc21. The Balaban J connectivity index is 1.53. The lowest BCUT2D eigenvalue weighted by atomic mass is 9.96. The van der Waals surface area contributed by atoms with Crippen molar-refractivity contribution in [2.45, 2.75) is 12.5 Å². The highest BCUT2D eigenvalue weighted by atomic mass is 35.5. The van der Waals surface area contributed by atoms with Crippen molar-refractivity contribution in [3.05, 3.63) is 95.0 Å². The first-order valence-electron chi connectivity index (χ1n) is 8.80. The summed E-state index contributed by atoms with van der Waals surface area (Å²) in [5, 5.41) is 7.32. The number of nitrogens with one attached hydrogen (secondary N) is 1. The second-order valence-electron chi connectivity index (χ2n) is 6.27. The van der Waals surface area contributed by atoms with Crippen molar-refractivity contribution in [2.24, 2.45) is 5.16 Å². The molecular formula is C22H17ClN2O3. The molecule has 0 saturated carbocycles. The summed E-state index contributed by atoms with van der Waals surface area (Å²) in [4.78, 5) is 17.2. The lowest BCUT2D eigenvalue weighted by Gasteiger charge is -2.27. The molecule has 1 aliphatic rings. The molecule has 1 heterocycles. The fourth-order valence-corrected chi connectivity index (χ4v) is 3.12. The number of hydrogen-bond donors (Lipinski definition) is 1. The quantitative estimate of drug-likeness (QED) is 0.451. The summed E-state index contributed by atoms with van der Waals surface area (Å²) in [7, 11) is 0. The van der Waals surface area contributed by atoms with Crippen LogP contribution in [0.2, 0.25) is 5.02 Å². The maximum Gasteiger partial charge on any atom is 0.437 e. The van der Waals surface area contributed by atoms with Crippen LogP contribution in [0.15, 0.2) is 84.0 Å². The van der Waals surface area contributed by atoms with Crippen LogP contribution in [0.1, 0.15) is 23.7 Å². The van der Waals surface area contributed by atoms with Crippen LogP contribution in [0, 0.1) is 0 Å². The van der Waals surface area contributed by atoms with Gasteiger partial charge in [0.25, 0.3) is 0 Å².